The first-order chi connectivity index (χ1) is 7.74. The summed E-state index contributed by atoms with van der Waals surface area (Å²) in [7, 11) is 0. The van der Waals surface area contributed by atoms with E-state index in [1.54, 1.807) is 0 Å². The minimum Gasteiger partial charge on any atom is -0.381 e. The minimum absolute atomic E-state index is 0.0827. The summed E-state index contributed by atoms with van der Waals surface area (Å²) in [4.78, 5) is 14.3. The van der Waals surface area contributed by atoms with Crippen molar-refractivity contribution < 1.29 is 9.53 Å². The van der Waals surface area contributed by atoms with E-state index in [-0.39, 0.29) is 17.9 Å². The van der Waals surface area contributed by atoms with Crippen molar-refractivity contribution in [2.45, 2.75) is 32.2 Å². The topological polar surface area (TPSA) is 55.6 Å². The number of carbonyl (C=O) groups is 1. The number of likely N-dealkylation sites (tertiary alicyclic amines) is 1. The van der Waals surface area contributed by atoms with E-state index in [1.807, 2.05) is 4.90 Å². The molecule has 0 aromatic carbocycles. The summed E-state index contributed by atoms with van der Waals surface area (Å²) in [6.45, 7) is 4.98. The summed E-state index contributed by atoms with van der Waals surface area (Å²) < 4.78 is 5.29. The van der Waals surface area contributed by atoms with Gasteiger partial charge in [0.25, 0.3) is 0 Å². The maximum atomic E-state index is 12.3. The number of carbonyl (C=O) groups excluding carboxylic acids is 1. The molecule has 2 saturated heterocycles. The van der Waals surface area contributed by atoms with Gasteiger partial charge in [0.15, 0.2) is 0 Å². The molecule has 2 N–H and O–H groups in total. The fourth-order valence-electron chi connectivity index (χ4n) is 2.85. The van der Waals surface area contributed by atoms with Gasteiger partial charge in [-0.2, -0.15) is 0 Å². The van der Waals surface area contributed by atoms with Crippen molar-refractivity contribution in [2.75, 3.05) is 26.3 Å². The van der Waals surface area contributed by atoms with Gasteiger partial charge in [-0.15, -0.1) is 0 Å². The molecule has 3 unspecified atom stereocenters. The monoisotopic (exact) mass is 226 g/mol. The first kappa shape index (κ1) is 11.9. The second-order valence-electron chi connectivity index (χ2n) is 5.01. The Labute approximate surface area is 97.1 Å². The highest BCUT2D eigenvalue weighted by Gasteiger charge is 2.35. The Morgan fingerprint density at radius 1 is 1.50 bits per heavy atom. The molecule has 3 atom stereocenters. The largest absolute Gasteiger partial charge is 0.381 e. The normalized spacial score (nSPS) is 35.4. The Bertz CT molecular complexity index is 251. The Morgan fingerprint density at radius 2 is 2.31 bits per heavy atom. The molecular weight excluding hydrogens is 204 g/mol. The lowest BCUT2D eigenvalue weighted by Gasteiger charge is -2.40. The van der Waals surface area contributed by atoms with E-state index in [0.717, 1.165) is 26.0 Å². The zero-order chi connectivity index (χ0) is 11.5. The van der Waals surface area contributed by atoms with E-state index in [9.17, 15) is 4.79 Å². The highest BCUT2D eigenvalue weighted by Crippen LogP contribution is 2.26. The number of hydrogen-bond acceptors (Lipinski definition) is 3. The fourth-order valence-corrected chi connectivity index (χ4v) is 2.85. The zero-order valence-corrected chi connectivity index (χ0v) is 10.0. The van der Waals surface area contributed by atoms with Gasteiger partial charge in [0.1, 0.15) is 0 Å². The molecule has 2 rings (SSSR count). The number of amides is 1. The third-order valence-corrected chi connectivity index (χ3v) is 3.92. The van der Waals surface area contributed by atoms with Crippen molar-refractivity contribution in [3.8, 4) is 0 Å². The summed E-state index contributed by atoms with van der Waals surface area (Å²) in [6.07, 6.45) is 3.17. The van der Waals surface area contributed by atoms with Gasteiger partial charge < -0.3 is 15.4 Å². The van der Waals surface area contributed by atoms with E-state index < -0.39 is 0 Å². The molecule has 4 heteroatoms. The molecule has 0 aromatic rings. The molecule has 1 amide bonds. The van der Waals surface area contributed by atoms with Gasteiger partial charge in [0.05, 0.1) is 12.5 Å². The quantitative estimate of drug-likeness (QED) is 0.750. The number of ether oxygens (including phenoxy) is 1. The average Bonchev–Trinajstić information content (AvgIpc) is 2.81. The molecule has 0 aromatic heterocycles. The lowest BCUT2D eigenvalue weighted by atomic mass is 9.89. The third-order valence-electron chi connectivity index (χ3n) is 3.92. The lowest BCUT2D eigenvalue weighted by Crippen LogP contribution is -2.53. The summed E-state index contributed by atoms with van der Waals surface area (Å²) >= 11 is 0. The van der Waals surface area contributed by atoms with Crippen LogP contribution < -0.4 is 5.73 Å². The number of hydrogen-bond donors (Lipinski definition) is 1. The van der Waals surface area contributed by atoms with Gasteiger partial charge in [-0.3, -0.25) is 4.79 Å². The van der Waals surface area contributed by atoms with E-state index in [4.69, 9.17) is 10.5 Å². The number of piperidine rings is 1. The molecule has 2 aliphatic rings. The number of rotatable bonds is 2. The third kappa shape index (κ3) is 2.23. The van der Waals surface area contributed by atoms with Gasteiger partial charge >= 0.3 is 0 Å². The molecule has 0 spiro atoms. The van der Waals surface area contributed by atoms with Crippen LogP contribution in [0.1, 0.15) is 26.2 Å². The van der Waals surface area contributed by atoms with Crippen LogP contribution in [0.3, 0.4) is 0 Å². The van der Waals surface area contributed by atoms with E-state index in [2.05, 4.69) is 6.92 Å². The Kier molecular flexibility index (Phi) is 3.82. The number of nitrogens with zero attached hydrogens (tertiary/aromatic N) is 1. The molecule has 2 heterocycles. The van der Waals surface area contributed by atoms with Crippen LogP contribution in [0.25, 0.3) is 0 Å². The summed E-state index contributed by atoms with van der Waals surface area (Å²) in [5, 5.41) is 0. The van der Waals surface area contributed by atoms with Crippen LogP contribution in [-0.4, -0.2) is 43.2 Å². The maximum Gasteiger partial charge on any atom is 0.228 e. The van der Waals surface area contributed by atoms with Crippen LogP contribution in [0.5, 0.6) is 0 Å². The van der Waals surface area contributed by atoms with Crippen LogP contribution in [0.15, 0.2) is 0 Å². The van der Waals surface area contributed by atoms with Crippen molar-refractivity contribution in [2.24, 2.45) is 17.6 Å². The summed E-state index contributed by atoms with van der Waals surface area (Å²) in [6, 6.07) is 0.238. The predicted molar refractivity (Wildman–Crippen MR) is 61.9 cm³/mol. The molecule has 4 nitrogen and oxygen atoms in total. The van der Waals surface area contributed by atoms with Gasteiger partial charge in [0.2, 0.25) is 5.91 Å². The van der Waals surface area contributed by atoms with Crippen LogP contribution in [-0.2, 0) is 9.53 Å². The zero-order valence-electron chi connectivity index (χ0n) is 10.0. The van der Waals surface area contributed by atoms with Crippen molar-refractivity contribution >= 4 is 5.91 Å². The van der Waals surface area contributed by atoms with Crippen LogP contribution in [0, 0.1) is 11.8 Å². The highest BCUT2D eigenvalue weighted by molar-refractivity contribution is 5.79. The van der Waals surface area contributed by atoms with Crippen molar-refractivity contribution in [3.63, 3.8) is 0 Å². The minimum atomic E-state index is 0.0827. The molecule has 92 valence electrons. The first-order valence-corrected chi connectivity index (χ1v) is 6.32. The molecule has 2 fully saturated rings. The van der Waals surface area contributed by atoms with Gasteiger partial charge in [-0.1, -0.05) is 6.92 Å². The Morgan fingerprint density at radius 3 is 2.94 bits per heavy atom. The summed E-state index contributed by atoms with van der Waals surface area (Å²) in [5.74, 6) is 0.879. The average molecular weight is 226 g/mol. The lowest BCUT2D eigenvalue weighted by molar-refractivity contribution is -0.140. The maximum absolute atomic E-state index is 12.3. The van der Waals surface area contributed by atoms with Crippen molar-refractivity contribution in [3.05, 3.63) is 0 Å². The van der Waals surface area contributed by atoms with Crippen LogP contribution in [0.4, 0.5) is 0 Å². The SMILES string of the molecule is CC1CCCN(C(=O)C2CCOC2)C1CN. The van der Waals surface area contributed by atoms with Crippen LogP contribution in [0.2, 0.25) is 0 Å². The van der Waals surface area contributed by atoms with Crippen molar-refractivity contribution in [1.29, 1.82) is 0 Å². The van der Waals surface area contributed by atoms with E-state index >= 15 is 0 Å². The van der Waals surface area contributed by atoms with E-state index in [0.29, 0.717) is 19.1 Å². The van der Waals surface area contributed by atoms with Gasteiger partial charge in [-0.25, -0.2) is 0 Å². The van der Waals surface area contributed by atoms with Crippen LogP contribution >= 0.6 is 0 Å². The Balaban J connectivity index is 2.02. The predicted octanol–water partition coefficient (Wildman–Crippen LogP) is 0.609. The molecule has 0 saturated carbocycles. The fraction of sp³-hybridized carbons (Fsp3) is 0.917. The first-order valence-electron chi connectivity index (χ1n) is 6.32. The molecule has 0 radical (unpaired) electrons. The van der Waals surface area contributed by atoms with Gasteiger partial charge in [-0.05, 0) is 25.2 Å². The molecule has 0 aliphatic carbocycles. The molecule has 2 aliphatic heterocycles. The highest BCUT2D eigenvalue weighted by atomic mass is 16.5. The van der Waals surface area contributed by atoms with Crippen molar-refractivity contribution in [1.82, 2.24) is 4.90 Å². The molecule has 16 heavy (non-hydrogen) atoms. The number of nitrogens with two attached hydrogens (primary N) is 1. The smallest absolute Gasteiger partial charge is 0.228 e. The van der Waals surface area contributed by atoms with E-state index in [1.165, 1.54) is 6.42 Å². The second-order valence-corrected chi connectivity index (χ2v) is 5.01. The Hall–Kier alpha value is -0.610. The summed E-state index contributed by atoms with van der Waals surface area (Å²) in [5.41, 5.74) is 5.80. The van der Waals surface area contributed by atoms with Gasteiger partial charge in [0, 0.05) is 25.7 Å². The second kappa shape index (κ2) is 5.15. The molecule has 0 bridgehead atoms. The standard InChI is InChI=1S/C12H22N2O2/c1-9-3-2-5-14(11(9)7-13)12(15)10-4-6-16-8-10/h9-11H,2-8,13H2,1H3. The molecular formula is C12H22N2O2.